The van der Waals surface area contributed by atoms with Gasteiger partial charge in [0, 0.05) is 49.3 Å². The van der Waals surface area contributed by atoms with E-state index in [-0.39, 0.29) is 23.5 Å². The molecule has 10 nitrogen and oxygen atoms in total. The van der Waals surface area contributed by atoms with Crippen LogP contribution in [0, 0.1) is 0 Å². The highest BCUT2D eigenvalue weighted by molar-refractivity contribution is 7.89. The van der Waals surface area contributed by atoms with Crippen LogP contribution in [0.15, 0.2) is 52.3 Å². The van der Waals surface area contributed by atoms with Crippen molar-refractivity contribution in [3.05, 3.63) is 58.5 Å². The molecule has 35 heavy (non-hydrogen) atoms. The number of benzene rings is 1. The van der Waals surface area contributed by atoms with Gasteiger partial charge in [-0.2, -0.15) is 4.31 Å². The van der Waals surface area contributed by atoms with Crippen LogP contribution in [-0.2, 0) is 14.8 Å². The smallest absolute Gasteiger partial charge is 0.256 e. The van der Waals surface area contributed by atoms with E-state index in [4.69, 9.17) is 4.74 Å². The van der Waals surface area contributed by atoms with Crippen molar-refractivity contribution in [2.24, 2.45) is 0 Å². The molecule has 2 saturated heterocycles. The van der Waals surface area contributed by atoms with Gasteiger partial charge < -0.3 is 19.9 Å². The molecule has 11 heteroatoms. The summed E-state index contributed by atoms with van der Waals surface area (Å²) in [7, 11) is -3.77. The van der Waals surface area contributed by atoms with Crippen molar-refractivity contribution < 1.29 is 17.9 Å². The number of hydrogen-bond acceptors (Lipinski definition) is 7. The minimum Gasteiger partial charge on any atom is -0.379 e. The van der Waals surface area contributed by atoms with Gasteiger partial charge in [-0.15, -0.1) is 0 Å². The van der Waals surface area contributed by atoms with E-state index in [1.54, 1.807) is 18.3 Å². The number of pyridine rings is 2. The molecule has 0 saturated carbocycles. The normalized spacial score (nSPS) is 17.4. The molecule has 0 radical (unpaired) electrons. The molecule has 2 fully saturated rings. The molecule has 0 bridgehead atoms. The lowest BCUT2D eigenvalue weighted by atomic mass is 10.1. The minimum absolute atomic E-state index is 0.0587. The topological polar surface area (TPSA) is 125 Å². The number of carbonyl (C=O) groups excluding carboxylic acids is 1. The van der Waals surface area contributed by atoms with E-state index in [0.717, 1.165) is 25.9 Å². The molecule has 0 spiro atoms. The Hall–Kier alpha value is -3.28. The molecule has 5 rings (SSSR count). The quantitative estimate of drug-likeness (QED) is 0.554. The van der Waals surface area contributed by atoms with Gasteiger partial charge in [0.2, 0.25) is 15.6 Å². The van der Waals surface area contributed by atoms with Gasteiger partial charge in [0.15, 0.2) is 5.82 Å². The number of aromatic nitrogens is 2. The Morgan fingerprint density at radius 3 is 2.57 bits per heavy atom. The summed E-state index contributed by atoms with van der Waals surface area (Å²) < 4.78 is 33.0. The number of fused-ring (bicyclic) bond motifs is 1. The van der Waals surface area contributed by atoms with Crippen LogP contribution in [0.5, 0.6) is 0 Å². The Kier molecular flexibility index (Phi) is 6.54. The number of piperidine rings is 1. The van der Waals surface area contributed by atoms with Gasteiger partial charge in [-0.05, 0) is 49.6 Å². The van der Waals surface area contributed by atoms with Crippen LogP contribution in [-0.4, -0.2) is 68.0 Å². The molecule has 0 aliphatic carbocycles. The largest absolute Gasteiger partial charge is 0.379 e. The zero-order chi connectivity index (χ0) is 24.4. The number of nitrogens with zero attached hydrogens (tertiary/aromatic N) is 3. The number of nitrogens with one attached hydrogen (secondary N) is 2. The van der Waals surface area contributed by atoms with Crippen molar-refractivity contribution in [2.45, 2.75) is 24.2 Å². The maximum Gasteiger partial charge on any atom is 0.256 e. The summed E-state index contributed by atoms with van der Waals surface area (Å²) in [6, 6.07) is 9.12. The van der Waals surface area contributed by atoms with E-state index < -0.39 is 21.5 Å². The molecule has 0 atom stereocenters. The average molecular weight is 498 g/mol. The van der Waals surface area contributed by atoms with Crippen molar-refractivity contribution in [1.29, 1.82) is 0 Å². The Balaban J connectivity index is 1.51. The number of morpholine rings is 1. The fourth-order valence-corrected chi connectivity index (χ4v) is 5.99. The maximum absolute atomic E-state index is 13.4. The number of H-pyrrole nitrogens is 1. The monoisotopic (exact) mass is 497 g/mol. The first-order chi connectivity index (χ1) is 16.9. The fourth-order valence-electron chi connectivity index (χ4n) is 4.56. The number of aromatic amines is 1. The first-order valence-electron chi connectivity index (χ1n) is 11.7. The highest BCUT2D eigenvalue weighted by atomic mass is 32.2. The van der Waals surface area contributed by atoms with Crippen LogP contribution >= 0.6 is 0 Å². The average Bonchev–Trinajstić information content (AvgIpc) is 2.89. The van der Waals surface area contributed by atoms with Crippen LogP contribution in [0.2, 0.25) is 0 Å². The predicted octanol–water partition coefficient (Wildman–Crippen LogP) is 2.19. The molecular formula is C24H27N5O5S. The van der Waals surface area contributed by atoms with E-state index in [9.17, 15) is 18.0 Å². The second kappa shape index (κ2) is 9.76. The van der Waals surface area contributed by atoms with Crippen LogP contribution in [0.1, 0.15) is 29.6 Å². The first-order valence-corrected chi connectivity index (χ1v) is 13.1. The lowest BCUT2D eigenvalue weighted by Gasteiger charge is -2.29. The Labute approximate surface area is 203 Å². The number of anilines is 2. The highest BCUT2D eigenvalue weighted by Crippen LogP contribution is 2.28. The summed E-state index contributed by atoms with van der Waals surface area (Å²) in [6.07, 6.45) is 4.97. The summed E-state index contributed by atoms with van der Waals surface area (Å²) in [6.45, 7) is 2.91. The summed E-state index contributed by atoms with van der Waals surface area (Å²) in [4.78, 5) is 35.1. The lowest BCUT2D eigenvalue weighted by Crippen LogP contribution is -2.40. The Morgan fingerprint density at radius 1 is 1.03 bits per heavy atom. The van der Waals surface area contributed by atoms with Gasteiger partial charge in [-0.1, -0.05) is 0 Å². The van der Waals surface area contributed by atoms with Crippen molar-refractivity contribution in [3.63, 3.8) is 0 Å². The van der Waals surface area contributed by atoms with E-state index in [0.29, 0.717) is 35.6 Å². The van der Waals surface area contributed by atoms with E-state index >= 15 is 0 Å². The molecule has 1 aromatic carbocycles. The van der Waals surface area contributed by atoms with E-state index in [2.05, 4.69) is 20.2 Å². The second-order valence-electron chi connectivity index (χ2n) is 8.65. The highest BCUT2D eigenvalue weighted by Gasteiger charge is 2.27. The molecule has 184 valence electrons. The third-order valence-electron chi connectivity index (χ3n) is 6.36. The number of sulfonamides is 1. The number of hydrogen-bond donors (Lipinski definition) is 2. The molecular weight excluding hydrogens is 470 g/mol. The minimum atomic E-state index is -3.77. The lowest BCUT2D eigenvalue weighted by molar-refractivity contribution is 0.0730. The van der Waals surface area contributed by atoms with Crippen molar-refractivity contribution >= 4 is 38.3 Å². The van der Waals surface area contributed by atoms with E-state index in [1.165, 1.54) is 35.0 Å². The number of ether oxygens (including phenoxy) is 1. The predicted molar refractivity (Wildman–Crippen MR) is 132 cm³/mol. The van der Waals surface area contributed by atoms with Gasteiger partial charge in [-0.25, -0.2) is 13.4 Å². The van der Waals surface area contributed by atoms with Crippen LogP contribution < -0.4 is 15.8 Å². The van der Waals surface area contributed by atoms with Crippen LogP contribution in [0.4, 0.5) is 11.5 Å². The zero-order valence-electron chi connectivity index (χ0n) is 19.2. The molecule has 3 aromatic rings. The Bertz CT molecular complexity index is 1410. The van der Waals surface area contributed by atoms with E-state index in [1.807, 2.05) is 0 Å². The molecule has 1 amide bonds. The third kappa shape index (κ3) is 4.79. The molecule has 2 aliphatic heterocycles. The van der Waals surface area contributed by atoms with Gasteiger partial charge in [0.25, 0.3) is 5.91 Å². The summed E-state index contributed by atoms with van der Waals surface area (Å²) >= 11 is 0. The van der Waals surface area contributed by atoms with Gasteiger partial charge in [-0.3, -0.25) is 9.59 Å². The SMILES string of the molecule is O=C(Nc1cccnc1N1CCCCC1)c1cc(=O)[nH]c2ccc(S(=O)(=O)N3CCOCC3)cc12. The molecule has 2 N–H and O–H groups in total. The molecule has 4 heterocycles. The van der Waals surface area contributed by atoms with Crippen molar-refractivity contribution in [2.75, 3.05) is 49.6 Å². The second-order valence-corrected chi connectivity index (χ2v) is 10.6. The summed E-state index contributed by atoms with van der Waals surface area (Å²) in [5.74, 6) is 0.179. The molecule has 0 unspecified atom stereocenters. The summed E-state index contributed by atoms with van der Waals surface area (Å²) in [5, 5.41) is 3.24. The van der Waals surface area contributed by atoms with Gasteiger partial charge in [0.05, 0.1) is 29.4 Å². The zero-order valence-corrected chi connectivity index (χ0v) is 20.0. The maximum atomic E-state index is 13.4. The number of rotatable bonds is 5. The fraction of sp³-hybridized carbons (Fsp3) is 0.375. The number of carbonyl (C=O) groups is 1. The third-order valence-corrected chi connectivity index (χ3v) is 8.25. The van der Waals surface area contributed by atoms with Crippen molar-refractivity contribution in [1.82, 2.24) is 14.3 Å². The Morgan fingerprint density at radius 2 is 1.80 bits per heavy atom. The summed E-state index contributed by atoms with van der Waals surface area (Å²) in [5.41, 5.74) is 0.570. The molecule has 2 aliphatic rings. The molecule has 2 aromatic heterocycles. The van der Waals surface area contributed by atoms with Gasteiger partial charge >= 0.3 is 0 Å². The van der Waals surface area contributed by atoms with Crippen molar-refractivity contribution in [3.8, 4) is 0 Å². The standard InChI is InChI=1S/C24H27N5O5S/c30-22-16-19(24(31)27-21-5-4-8-25-23(21)28-9-2-1-3-10-28)18-15-17(6-7-20(18)26-22)35(32,33)29-11-13-34-14-12-29/h4-8,15-16H,1-3,9-14H2,(H,26,30)(H,27,31). The first kappa shape index (κ1) is 23.5. The van der Waals surface area contributed by atoms with Crippen LogP contribution in [0.3, 0.4) is 0 Å². The number of amides is 1. The van der Waals surface area contributed by atoms with Gasteiger partial charge in [0.1, 0.15) is 0 Å². The van der Waals surface area contributed by atoms with Crippen LogP contribution in [0.25, 0.3) is 10.9 Å².